The summed E-state index contributed by atoms with van der Waals surface area (Å²) in [5.41, 5.74) is 1.95. The summed E-state index contributed by atoms with van der Waals surface area (Å²) in [6, 6.07) is 18.8. The van der Waals surface area contributed by atoms with E-state index < -0.39 is 18.2 Å². The lowest BCUT2D eigenvalue weighted by molar-refractivity contribution is 0.103. The Labute approximate surface area is 142 Å². The van der Waals surface area contributed by atoms with Gasteiger partial charge in [-0.15, -0.1) is 6.58 Å². The predicted octanol–water partition coefficient (Wildman–Crippen LogP) is 3.46. The van der Waals surface area contributed by atoms with Gasteiger partial charge in [-0.05, 0) is 24.0 Å². The van der Waals surface area contributed by atoms with E-state index in [2.05, 4.69) is 11.9 Å². The molecule has 0 aliphatic heterocycles. The summed E-state index contributed by atoms with van der Waals surface area (Å²) in [7, 11) is 0. The second kappa shape index (κ2) is 9.53. The lowest BCUT2D eigenvalue weighted by atomic mass is 9.99. The average Bonchev–Trinajstić information content (AvgIpc) is 2.61. The van der Waals surface area contributed by atoms with Gasteiger partial charge in [0.05, 0.1) is 12.1 Å². The molecule has 0 fully saturated rings. The molecule has 0 heterocycles. The molecule has 2 aromatic rings. The van der Waals surface area contributed by atoms with Crippen LogP contribution in [0.5, 0.6) is 0 Å². The van der Waals surface area contributed by atoms with Crippen LogP contribution in [-0.2, 0) is 17.8 Å². The molecule has 0 aliphatic carbocycles. The number of hydrogen-bond donors (Lipinski definition) is 2. The zero-order valence-electron chi connectivity index (χ0n) is 13.6. The van der Waals surface area contributed by atoms with Crippen molar-refractivity contribution in [2.75, 3.05) is 0 Å². The maximum atomic E-state index is 12.1. The molecule has 126 valence electrons. The second-order valence-electron chi connectivity index (χ2n) is 5.59. The van der Waals surface area contributed by atoms with Gasteiger partial charge in [-0.1, -0.05) is 66.7 Å². The summed E-state index contributed by atoms with van der Waals surface area (Å²) < 4.78 is 5.24. The van der Waals surface area contributed by atoms with Gasteiger partial charge in [-0.2, -0.15) is 0 Å². The Bertz CT molecular complexity index is 628. The number of alkyl carbamates (subject to hydrolysis) is 1. The Morgan fingerprint density at radius 1 is 1.08 bits per heavy atom. The molecular weight excluding hydrogens is 302 g/mol. The minimum absolute atomic E-state index is 0.197. The van der Waals surface area contributed by atoms with Crippen LogP contribution in [0.3, 0.4) is 0 Å². The molecule has 4 heteroatoms. The average molecular weight is 325 g/mol. The minimum atomic E-state index is -0.716. The molecule has 0 saturated carbocycles. The molecule has 0 aromatic heterocycles. The van der Waals surface area contributed by atoms with Gasteiger partial charge in [0.2, 0.25) is 0 Å². The van der Waals surface area contributed by atoms with Gasteiger partial charge in [-0.25, -0.2) is 4.79 Å². The molecule has 2 N–H and O–H groups in total. The number of carbonyl (C=O) groups excluding carboxylic acids is 1. The maximum Gasteiger partial charge on any atom is 0.407 e. The Balaban J connectivity index is 1.93. The fourth-order valence-corrected chi connectivity index (χ4v) is 2.40. The Morgan fingerprint density at radius 2 is 1.67 bits per heavy atom. The van der Waals surface area contributed by atoms with E-state index in [1.54, 1.807) is 6.08 Å². The van der Waals surface area contributed by atoms with Gasteiger partial charge in [-0.3, -0.25) is 0 Å². The van der Waals surface area contributed by atoms with Crippen molar-refractivity contribution in [1.82, 2.24) is 5.32 Å². The van der Waals surface area contributed by atoms with E-state index in [-0.39, 0.29) is 6.61 Å². The van der Waals surface area contributed by atoms with Gasteiger partial charge in [0, 0.05) is 0 Å². The van der Waals surface area contributed by atoms with E-state index in [0.717, 1.165) is 11.1 Å². The van der Waals surface area contributed by atoms with E-state index in [4.69, 9.17) is 4.74 Å². The standard InChI is InChI=1S/C20H23NO3/c1-2-9-19(22)18(14-16-10-5-3-6-11-16)21-20(23)24-15-17-12-7-4-8-13-17/h2-8,10-13,18-19,22H,1,9,14-15H2,(H,21,23)/t18-,19-/m0/s1. The van der Waals surface area contributed by atoms with Crippen LogP contribution in [0.25, 0.3) is 0 Å². The van der Waals surface area contributed by atoms with Gasteiger partial charge in [0.1, 0.15) is 6.61 Å². The fraction of sp³-hybridized carbons (Fsp3) is 0.250. The highest BCUT2D eigenvalue weighted by atomic mass is 16.5. The SMILES string of the molecule is C=CC[C@H](O)[C@H](Cc1ccccc1)NC(=O)OCc1ccccc1. The third kappa shape index (κ3) is 5.89. The first kappa shape index (κ1) is 17.8. The third-order valence-corrected chi connectivity index (χ3v) is 3.69. The van der Waals surface area contributed by atoms with Gasteiger partial charge in [0.15, 0.2) is 0 Å². The highest BCUT2D eigenvalue weighted by Crippen LogP contribution is 2.10. The fourth-order valence-electron chi connectivity index (χ4n) is 2.40. The molecule has 0 saturated heterocycles. The first-order chi connectivity index (χ1) is 11.7. The number of amides is 1. The van der Waals surface area contributed by atoms with Crippen molar-refractivity contribution in [2.24, 2.45) is 0 Å². The molecule has 24 heavy (non-hydrogen) atoms. The lowest BCUT2D eigenvalue weighted by Crippen LogP contribution is -2.44. The Kier molecular flexibility index (Phi) is 7.05. The molecule has 0 radical (unpaired) electrons. The number of aliphatic hydroxyl groups excluding tert-OH is 1. The van der Waals surface area contributed by atoms with E-state index in [1.165, 1.54) is 0 Å². The molecule has 2 atom stereocenters. The van der Waals surface area contributed by atoms with Crippen molar-refractivity contribution in [3.63, 3.8) is 0 Å². The summed E-state index contributed by atoms with van der Waals surface area (Å²) in [4.78, 5) is 12.1. The smallest absolute Gasteiger partial charge is 0.407 e. The van der Waals surface area contributed by atoms with Gasteiger partial charge >= 0.3 is 6.09 Å². The number of rotatable bonds is 8. The van der Waals surface area contributed by atoms with Gasteiger partial charge < -0.3 is 15.2 Å². The Hall–Kier alpha value is -2.59. The summed E-state index contributed by atoms with van der Waals surface area (Å²) in [6.45, 7) is 3.84. The highest BCUT2D eigenvalue weighted by Gasteiger charge is 2.21. The van der Waals surface area contributed by atoms with E-state index in [1.807, 2.05) is 60.7 Å². The quantitative estimate of drug-likeness (QED) is 0.731. The summed E-state index contributed by atoms with van der Waals surface area (Å²) in [5, 5.41) is 13.0. The van der Waals surface area contributed by atoms with Crippen LogP contribution in [0.1, 0.15) is 17.5 Å². The van der Waals surface area contributed by atoms with Crippen molar-refractivity contribution >= 4 is 6.09 Å². The Morgan fingerprint density at radius 3 is 2.25 bits per heavy atom. The second-order valence-corrected chi connectivity index (χ2v) is 5.59. The van der Waals surface area contributed by atoms with E-state index in [0.29, 0.717) is 12.8 Å². The van der Waals surface area contributed by atoms with Crippen LogP contribution in [0, 0.1) is 0 Å². The van der Waals surface area contributed by atoms with Crippen molar-refractivity contribution in [3.8, 4) is 0 Å². The number of benzene rings is 2. The summed E-state index contributed by atoms with van der Waals surface area (Å²) in [5.74, 6) is 0. The molecular formula is C20H23NO3. The van der Waals surface area contributed by atoms with Crippen LogP contribution in [0.15, 0.2) is 73.3 Å². The van der Waals surface area contributed by atoms with Crippen molar-refractivity contribution in [3.05, 3.63) is 84.4 Å². The minimum Gasteiger partial charge on any atom is -0.445 e. The van der Waals surface area contributed by atoms with E-state index in [9.17, 15) is 9.90 Å². The first-order valence-corrected chi connectivity index (χ1v) is 7.99. The molecule has 2 aromatic carbocycles. The van der Waals surface area contributed by atoms with Crippen molar-refractivity contribution < 1.29 is 14.6 Å². The summed E-state index contributed by atoms with van der Waals surface area (Å²) in [6.07, 6.45) is 1.31. The third-order valence-electron chi connectivity index (χ3n) is 3.69. The van der Waals surface area contributed by atoms with Crippen LogP contribution in [0.4, 0.5) is 4.79 Å². The molecule has 2 rings (SSSR count). The largest absolute Gasteiger partial charge is 0.445 e. The maximum absolute atomic E-state index is 12.1. The monoisotopic (exact) mass is 325 g/mol. The molecule has 0 bridgehead atoms. The first-order valence-electron chi connectivity index (χ1n) is 7.99. The zero-order valence-corrected chi connectivity index (χ0v) is 13.6. The molecule has 0 spiro atoms. The number of nitrogens with one attached hydrogen (secondary N) is 1. The molecule has 4 nitrogen and oxygen atoms in total. The number of aliphatic hydroxyl groups is 1. The number of hydrogen-bond acceptors (Lipinski definition) is 3. The van der Waals surface area contributed by atoms with Crippen molar-refractivity contribution in [2.45, 2.75) is 31.6 Å². The topological polar surface area (TPSA) is 58.6 Å². The van der Waals surface area contributed by atoms with Gasteiger partial charge in [0.25, 0.3) is 0 Å². The summed E-state index contributed by atoms with van der Waals surface area (Å²) >= 11 is 0. The molecule has 1 amide bonds. The highest BCUT2D eigenvalue weighted by molar-refractivity contribution is 5.67. The van der Waals surface area contributed by atoms with E-state index >= 15 is 0 Å². The van der Waals surface area contributed by atoms with Crippen molar-refractivity contribution in [1.29, 1.82) is 0 Å². The predicted molar refractivity (Wildman–Crippen MR) is 94.5 cm³/mol. The zero-order chi connectivity index (χ0) is 17.2. The normalized spacial score (nSPS) is 12.9. The number of carbonyl (C=O) groups is 1. The number of ether oxygens (including phenoxy) is 1. The lowest BCUT2D eigenvalue weighted by Gasteiger charge is -2.23. The molecule has 0 aliphatic rings. The van der Waals surface area contributed by atoms with Crippen LogP contribution in [0.2, 0.25) is 0 Å². The van der Waals surface area contributed by atoms with Crippen LogP contribution in [-0.4, -0.2) is 23.3 Å². The molecule has 0 unspecified atom stereocenters. The van der Waals surface area contributed by atoms with Crippen LogP contribution < -0.4 is 5.32 Å². The van der Waals surface area contributed by atoms with Crippen LogP contribution >= 0.6 is 0 Å².